The van der Waals surface area contributed by atoms with Crippen LogP contribution in [0.5, 0.6) is 11.5 Å². The average Bonchev–Trinajstić information content (AvgIpc) is 2.90. The number of halogens is 1. The van der Waals surface area contributed by atoms with E-state index in [4.69, 9.17) is 9.47 Å². The van der Waals surface area contributed by atoms with E-state index in [1.54, 1.807) is 6.20 Å². The molecule has 1 aromatic carbocycles. The summed E-state index contributed by atoms with van der Waals surface area (Å²) in [5, 5.41) is 9.91. The first-order chi connectivity index (χ1) is 8.83. The van der Waals surface area contributed by atoms with E-state index in [-0.39, 0.29) is 0 Å². The van der Waals surface area contributed by atoms with Crippen LogP contribution in [0.1, 0.15) is 5.56 Å². The third-order valence-corrected chi connectivity index (χ3v) is 3.24. The summed E-state index contributed by atoms with van der Waals surface area (Å²) >= 11 is 3.50. The monoisotopic (exact) mass is 309 g/mol. The zero-order valence-electron chi connectivity index (χ0n) is 9.57. The normalized spacial score (nSPS) is 13.4. The molecule has 2 N–H and O–H groups in total. The summed E-state index contributed by atoms with van der Waals surface area (Å²) < 4.78 is 12.1. The van der Waals surface area contributed by atoms with Crippen LogP contribution in [0, 0.1) is 0 Å². The predicted octanol–water partition coefficient (Wildman–Crippen LogP) is 2.56. The van der Waals surface area contributed by atoms with E-state index in [1.807, 2.05) is 18.3 Å². The van der Waals surface area contributed by atoms with Gasteiger partial charge in [0.1, 0.15) is 13.2 Å². The molecular weight excluding hydrogens is 298 g/mol. The second-order valence-electron chi connectivity index (χ2n) is 3.94. The van der Waals surface area contributed by atoms with E-state index in [1.165, 1.54) is 0 Å². The number of benzene rings is 1. The Morgan fingerprint density at radius 3 is 3.06 bits per heavy atom. The molecule has 5 nitrogen and oxygen atoms in total. The molecule has 0 aliphatic carbocycles. The summed E-state index contributed by atoms with van der Waals surface area (Å²) in [7, 11) is 0. The molecule has 0 saturated heterocycles. The number of rotatable bonds is 3. The highest BCUT2D eigenvalue weighted by atomic mass is 79.9. The minimum Gasteiger partial charge on any atom is -0.486 e. The van der Waals surface area contributed by atoms with Gasteiger partial charge in [-0.05, 0) is 33.6 Å². The Hall–Kier alpha value is -1.69. The van der Waals surface area contributed by atoms with Crippen molar-refractivity contribution < 1.29 is 9.47 Å². The third kappa shape index (κ3) is 2.28. The average molecular weight is 310 g/mol. The van der Waals surface area contributed by atoms with Crippen molar-refractivity contribution in [2.24, 2.45) is 0 Å². The topological polar surface area (TPSA) is 59.2 Å². The van der Waals surface area contributed by atoms with Crippen molar-refractivity contribution in [3.63, 3.8) is 0 Å². The molecule has 2 aromatic rings. The van der Waals surface area contributed by atoms with Crippen molar-refractivity contribution in [1.29, 1.82) is 0 Å². The predicted molar refractivity (Wildman–Crippen MR) is 71.0 cm³/mol. The fourth-order valence-corrected chi connectivity index (χ4v) is 2.42. The van der Waals surface area contributed by atoms with Gasteiger partial charge in [0, 0.05) is 12.7 Å². The number of nitrogens with one attached hydrogen (secondary N) is 2. The van der Waals surface area contributed by atoms with Gasteiger partial charge >= 0.3 is 0 Å². The summed E-state index contributed by atoms with van der Waals surface area (Å²) in [4.78, 5) is 0. The van der Waals surface area contributed by atoms with Gasteiger partial charge in [0.05, 0.1) is 16.4 Å². The quantitative estimate of drug-likeness (QED) is 0.915. The Bertz CT molecular complexity index is 543. The van der Waals surface area contributed by atoms with Crippen LogP contribution in [0.15, 0.2) is 29.0 Å². The number of anilines is 1. The fraction of sp³-hybridized carbons (Fsp3) is 0.250. The van der Waals surface area contributed by atoms with E-state index >= 15 is 0 Å². The Balaban J connectivity index is 1.78. The van der Waals surface area contributed by atoms with Crippen LogP contribution in [-0.4, -0.2) is 23.4 Å². The number of H-pyrrole nitrogens is 1. The van der Waals surface area contributed by atoms with Gasteiger partial charge in [-0.2, -0.15) is 5.10 Å². The van der Waals surface area contributed by atoms with E-state index < -0.39 is 0 Å². The highest BCUT2D eigenvalue weighted by molar-refractivity contribution is 9.10. The lowest BCUT2D eigenvalue weighted by Crippen LogP contribution is -2.16. The van der Waals surface area contributed by atoms with Crippen LogP contribution in [-0.2, 0) is 6.54 Å². The van der Waals surface area contributed by atoms with Crippen molar-refractivity contribution in [3.8, 4) is 11.5 Å². The van der Waals surface area contributed by atoms with E-state index in [0.717, 1.165) is 27.2 Å². The molecule has 18 heavy (non-hydrogen) atoms. The summed E-state index contributed by atoms with van der Waals surface area (Å²) in [5.41, 5.74) is 2.08. The maximum absolute atomic E-state index is 5.58. The molecule has 0 fully saturated rings. The Kier molecular flexibility index (Phi) is 3.10. The maximum Gasteiger partial charge on any atom is 0.175 e. The van der Waals surface area contributed by atoms with Crippen LogP contribution in [0.25, 0.3) is 0 Å². The summed E-state index contributed by atoms with van der Waals surface area (Å²) in [5.74, 6) is 1.58. The highest BCUT2D eigenvalue weighted by Gasteiger charge is 2.16. The Morgan fingerprint density at radius 2 is 2.22 bits per heavy atom. The van der Waals surface area contributed by atoms with E-state index in [2.05, 4.69) is 31.4 Å². The first kappa shape index (κ1) is 11.4. The van der Waals surface area contributed by atoms with Gasteiger partial charge in [-0.15, -0.1) is 0 Å². The van der Waals surface area contributed by atoms with E-state index in [9.17, 15) is 0 Å². The lowest BCUT2D eigenvalue weighted by atomic mass is 10.2. The van der Waals surface area contributed by atoms with Crippen molar-refractivity contribution in [2.75, 3.05) is 18.5 Å². The second kappa shape index (κ2) is 4.89. The number of hydrogen-bond donors (Lipinski definition) is 2. The molecule has 0 radical (unpaired) electrons. The van der Waals surface area contributed by atoms with Gasteiger partial charge in [-0.25, -0.2) is 0 Å². The fourth-order valence-electron chi connectivity index (χ4n) is 1.82. The molecule has 0 saturated carbocycles. The standard InChI is InChI=1S/C12H12BrN3O2/c13-10-3-8(5-14-9-6-15-16-7-9)4-11-12(10)18-2-1-17-11/h3-4,6-7,14H,1-2,5H2,(H,15,16). The number of fused-ring (bicyclic) bond motifs is 1. The molecular formula is C12H12BrN3O2. The van der Waals surface area contributed by atoms with Crippen LogP contribution in [0.4, 0.5) is 5.69 Å². The van der Waals surface area contributed by atoms with Gasteiger partial charge in [-0.1, -0.05) is 0 Å². The highest BCUT2D eigenvalue weighted by Crippen LogP contribution is 2.38. The third-order valence-electron chi connectivity index (χ3n) is 2.65. The summed E-state index contributed by atoms with van der Waals surface area (Å²) in [6, 6.07) is 4.02. The molecule has 1 aromatic heterocycles. The van der Waals surface area contributed by atoms with Crippen molar-refractivity contribution in [2.45, 2.75) is 6.54 Å². The molecule has 6 heteroatoms. The molecule has 0 atom stereocenters. The Morgan fingerprint density at radius 1 is 1.33 bits per heavy atom. The SMILES string of the molecule is Brc1cc(CNc2cn[nH]c2)cc2c1OCCO2. The van der Waals surface area contributed by atoms with Gasteiger partial charge < -0.3 is 14.8 Å². The van der Waals surface area contributed by atoms with Crippen LogP contribution < -0.4 is 14.8 Å². The largest absolute Gasteiger partial charge is 0.486 e. The van der Waals surface area contributed by atoms with Gasteiger partial charge in [0.2, 0.25) is 0 Å². The van der Waals surface area contributed by atoms with Crippen LogP contribution in [0.2, 0.25) is 0 Å². The zero-order valence-corrected chi connectivity index (χ0v) is 11.2. The molecule has 0 spiro atoms. The minimum atomic E-state index is 0.595. The van der Waals surface area contributed by atoms with Crippen LogP contribution >= 0.6 is 15.9 Å². The maximum atomic E-state index is 5.58. The first-order valence-corrected chi connectivity index (χ1v) is 6.43. The molecule has 0 unspecified atom stereocenters. The number of nitrogens with zero attached hydrogens (tertiary/aromatic N) is 1. The lowest BCUT2D eigenvalue weighted by Gasteiger charge is -2.20. The minimum absolute atomic E-state index is 0.595. The number of aromatic amines is 1. The second-order valence-corrected chi connectivity index (χ2v) is 4.80. The first-order valence-electron chi connectivity index (χ1n) is 5.63. The van der Waals surface area contributed by atoms with Crippen molar-refractivity contribution in [1.82, 2.24) is 10.2 Å². The van der Waals surface area contributed by atoms with Crippen molar-refractivity contribution >= 4 is 21.6 Å². The summed E-state index contributed by atoms with van der Waals surface area (Å²) in [6.07, 6.45) is 3.56. The molecule has 2 heterocycles. The summed E-state index contributed by atoms with van der Waals surface area (Å²) in [6.45, 7) is 1.89. The van der Waals surface area contributed by atoms with Gasteiger partial charge in [0.15, 0.2) is 11.5 Å². The Labute approximate surface area is 113 Å². The number of hydrogen-bond acceptors (Lipinski definition) is 4. The van der Waals surface area contributed by atoms with Crippen LogP contribution in [0.3, 0.4) is 0 Å². The van der Waals surface area contributed by atoms with Gasteiger partial charge in [-0.3, -0.25) is 5.10 Å². The van der Waals surface area contributed by atoms with E-state index in [0.29, 0.717) is 19.8 Å². The zero-order chi connectivity index (χ0) is 12.4. The number of ether oxygens (including phenoxy) is 2. The lowest BCUT2D eigenvalue weighted by molar-refractivity contribution is 0.170. The van der Waals surface area contributed by atoms with Gasteiger partial charge in [0.25, 0.3) is 0 Å². The molecule has 94 valence electrons. The number of aromatic nitrogens is 2. The smallest absolute Gasteiger partial charge is 0.175 e. The molecule has 1 aliphatic heterocycles. The molecule has 3 rings (SSSR count). The van der Waals surface area contributed by atoms with Crippen molar-refractivity contribution in [3.05, 3.63) is 34.6 Å². The molecule has 1 aliphatic rings. The molecule has 0 bridgehead atoms. The molecule has 0 amide bonds.